The molecule has 0 amide bonds. The van der Waals surface area contributed by atoms with Crippen molar-refractivity contribution in [1.82, 2.24) is 14.9 Å². The molecule has 0 radical (unpaired) electrons. The topological polar surface area (TPSA) is 108 Å². The first-order valence-electron chi connectivity index (χ1n) is 8.16. The maximum absolute atomic E-state index is 12.6. The summed E-state index contributed by atoms with van der Waals surface area (Å²) in [6, 6.07) is -0.220. The SMILES string of the molecule is CCNC(=NCCCS(C)(=O)=O)NC1CCN(S(=O)(=O)C(F)(F)F)CC1.I. The smallest absolute Gasteiger partial charge is 0.357 e. The Balaban J connectivity index is 0.00000676. The average Bonchev–Trinajstić information content (AvgIpc) is 2.50. The molecule has 1 saturated heterocycles. The Morgan fingerprint density at radius 1 is 1.19 bits per heavy atom. The van der Waals surface area contributed by atoms with Crippen molar-refractivity contribution in [2.75, 3.05) is 38.2 Å². The number of hydrogen-bond acceptors (Lipinski definition) is 5. The molecule has 1 aliphatic heterocycles. The number of nitrogens with one attached hydrogen (secondary N) is 2. The Morgan fingerprint density at radius 2 is 1.74 bits per heavy atom. The molecule has 27 heavy (non-hydrogen) atoms. The lowest BCUT2D eigenvalue weighted by Gasteiger charge is -2.32. The van der Waals surface area contributed by atoms with Crippen molar-refractivity contribution in [3.05, 3.63) is 0 Å². The summed E-state index contributed by atoms with van der Waals surface area (Å²) in [7, 11) is -8.35. The van der Waals surface area contributed by atoms with E-state index in [1.165, 1.54) is 0 Å². The number of hydrogen-bond donors (Lipinski definition) is 2. The molecule has 0 aliphatic carbocycles. The van der Waals surface area contributed by atoms with Crippen molar-refractivity contribution in [2.45, 2.75) is 37.7 Å². The van der Waals surface area contributed by atoms with Crippen LogP contribution < -0.4 is 10.6 Å². The van der Waals surface area contributed by atoms with Crippen molar-refractivity contribution in [1.29, 1.82) is 0 Å². The Hall–Kier alpha value is -0.350. The first-order valence-corrected chi connectivity index (χ1v) is 11.7. The number of alkyl halides is 3. The van der Waals surface area contributed by atoms with E-state index in [-0.39, 0.29) is 68.2 Å². The van der Waals surface area contributed by atoms with Crippen molar-refractivity contribution in [2.24, 2.45) is 4.99 Å². The third-order valence-corrected chi connectivity index (χ3v) is 6.37. The van der Waals surface area contributed by atoms with Gasteiger partial charge in [-0.1, -0.05) is 0 Å². The van der Waals surface area contributed by atoms with Gasteiger partial charge in [0.1, 0.15) is 9.84 Å². The first-order chi connectivity index (χ1) is 11.9. The van der Waals surface area contributed by atoms with Gasteiger partial charge in [0.15, 0.2) is 5.96 Å². The van der Waals surface area contributed by atoms with Crippen LogP contribution in [0.25, 0.3) is 0 Å². The van der Waals surface area contributed by atoms with E-state index in [1.807, 2.05) is 6.92 Å². The highest BCUT2D eigenvalue weighted by Gasteiger charge is 2.50. The number of piperidine rings is 1. The average molecular weight is 550 g/mol. The number of rotatable bonds is 7. The number of sulfonamides is 1. The molecule has 1 fully saturated rings. The van der Waals surface area contributed by atoms with Crippen molar-refractivity contribution in [3.63, 3.8) is 0 Å². The Kier molecular flexibility index (Phi) is 10.9. The van der Waals surface area contributed by atoms with Crippen LogP contribution in [-0.2, 0) is 19.9 Å². The molecule has 0 aromatic rings. The molecule has 0 unspecified atom stereocenters. The Labute approximate surface area is 175 Å². The highest BCUT2D eigenvalue weighted by molar-refractivity contribution is 14.0. The van der Waals surface area contributed by atoms with Gasteiger partial charge in [0.05, 0.1) is 5.75 Å². The van der Waals surface area contributed by atoms with Crippen LogP contribution >= 0.6 is 24.0 Å². The van der Waals surface area contributed by atoms with Crippen LogP contribution in [0.4, 0.5) is 13.2 Å². The predicted molar refractivity (Wildman–Crippen MR) is 108 cm³/mol. The van der Waals surface area contributed by atoms with Gasteiger partial charge in [-0.3, -0.25) is 4.99 Å². The fraction of sp³-hybridized carbons (Fsp3) is 0.923. The van der Waals surface area contributed by atoms with Crippen LogP contribution in [0.5, 0.6) is 0 Å². The number of sulfone groups is 1. The number of nitrogens with zero attached hydrogens (tertiary/aromatic N) is 2. The second-order valence-corrected chi connectivity index (χ2v) is 10.2. The maximum Gasteiger partial charge on any atom is 0.511 e. The van der Waals surface area contributed by atoms with Gasteiger partial charge in [0.2, 0.25) is 0 Å². The monoisotopic (exact) mass is 550 g/mol. The van der Waals surface area contributed by atoms with E-state index in [2.05, 4.69) is 15.6 Å². The molecule has 1 rings (SSSR count). The Bertz CT molecular complexity index is 691. The van der Waals surface area contributed by atoms with Gasteiger partial charge < -0.3 is 10.6 Å². The van der Waals surface area contributed by atoms with E-state index in [4.69, 9.17) is 0 Å². The van der Waals surface area contributed by atoms with Crippen molar-refractivity contribution < 1.29 is 30.0 Å². The molecule has 1 aliphatic rings. The molecule has 0 bridgehead atoms. The first kappa shape index (κ1) is 26.6. The minimum Gasteiger partial charge on any atom is -0.357 e. The summed E-state index contributed by atoms with van der Waals surface area (Å²) in [6.07, 6.45) is 1.92. The zero-order valence-corrected chi connectivity index (χ0v) is 19.1. The molecule has 0 atom stereocenters. The third kappa shape index (κ3) is 9.13. The molecule has 0 aromatic carbocycles. The van der Waals surface area contributed by atoms with E-state index >= 15 is 0 Å². The molecule has 14 heteroatoms. The van der Waals surface area contributed by atoms with Gasteiger partial charge in [-0.05, 0) is 26.2 Å². The number of guanidine groups is 1. The van der Waals surface area contributed by atoms with Crippen LogP contribution in [0.15, 0.2) is 4.99 Å². The van der Waals surface area contributed by atoms with E-state index in [9.17, 15) is 30.0 Å². The predicted octanol–water partition coefficient (Wildman–Crippen LogP) is 0.908. The Morgan fingerprint density at radius 3 is 2.19 bits per heavy atom. The summed E-state index contributed by atoms with van der Waals surface area (Å²) in [4.78, 5) is 4.24. The van der Waals surface area contributed by atoms with Gasteiger partial charge in [0, 0.05) is 38.5 Å². The maximum atomic E-state index is 12.6. The van der Waals surface area contributed by atoms with E-state index in [1.54, 1.807) is 0 Å². The van der Waals surface area contributed by atoms with Crippen LogP contribution in [-0.4, -0.2) is 76.8 Å². The van der Waals surface area contributed by atoms with E-state index in [0.29, 0.717) is 23.2 Å². The zero-order chi connectivity index (χ0) is 20.0. The van der Waals surface area contributed by atoms with Crippen LogP contribution in [0.2, 0.25) is 0 Å². The largest absolute Gasteiger partial charge is 0.511 e. The van der Waals surface area contributed by atoms with Crippen molar-refractivity contribution in [3.8, 4) is 0 Å². The minimum atomic E-state index is -5.29. The van der Waals surface area contributed by atoms with E-state index < -0.39 is 25.4 Å². The van der Waals surface area contributed by atoms with Crippen LogP contribution in [0, 0.1) is 0 Å². The van der Waals surface area contributed by atoms with Crippen LogP contribution in [0.3, 0.4) is 0 Å². The summed E-state index contributed by atoms with van der Waals surface area (Å²) < 4.78 is 83.1. The lowest BCUT2D eigenvalue weighted by Crippen LogP contribution is -2.51. The van der Waals surface area contributed by atoms with Crippen molar-refractivity contribution >= 4 is 49.8 Å². The summed E-state index contributed by atoms with van der Waals surface area (Å²) in [5.41, 5.74) is -5.29. The molecule has 162 valence electrons. The van der Waals surface area contributed by atoms with Gasteiger partial charge in [-0.25, -0.2) is 16.8 Å². The molecule has 0 saturated carbocycles. The number of aliphatic imine (C=N–C) groups is 1. The van der Waals surface area contributed by atoms with E-state index in [0.717, 1.165) is 6.26 Å². The minimum absolute atomic E-state index is 0. The molecular formula is C13H26F3IN4O4S2. The normalized spacial score (nSPS) is 18.0. The van der Waals surface area contributed by atoms with Gasteiger partial charge in [-0.2, -0.15) is 17.5 Å². The summed E-state index contributed by atoms with van der Waals surface area (Å²) in [5.74, 6) is 0.446. The fourth-order valence-electron chi connectivity index (χ4n) is 2.42. The standard InChI is InChI=1S/C13H25F3N4O4S2.HI/c1-3-17-12(18-7-4-10-25(2,21)22)19-11-5-8-20(9-6-11)26(23,24)13(14,15)16;/h11H,3-10H2,1-2H3,(H2,17,18,19);1H. The summed E-state index contributed by atoms with van der Waals surface area (Å²) >= 11 is 0. The summed E-state index contributed by atoms with van der Waals surface area (Å²) in [5, 5.41) is 6.02. The molecule has 0 spiro atoms. The van der Waals surface area contributed by atoms with Gasteiger partial charge in [-0.15, -0.1) is 24.0 Å². The lowest BCUT2D eigenvalue weighted by atomic mass is 10.1. The number of halogens is 4. The molecule has 8 nitrogen and oxygen atoms in total. The molecule has 1 heterocycles. The quantitative estimate of drug-likeness (QED) is 0.211. The van der Waals surface area contributed by atoms with Crippen LogP contribution in [0.1, 0.15) is 26.2 Å². The second-order valence-electron chi connectivity index (χ2n) is 6.01. The van der Waals surface area contributed by atoms with Gasteiger partial charge >= 0.3 is 15.5 Å². The fourth-order valence-corrected chi connectivity index (χ4v) is 4.06. The molecule has 0 aromatic heterocycles. The highest BCUT2D eigenvalue weighted by Crippen LogP contribution is 2.28. The summed E-state index contributed by atoms with van der Waals surface area (Å²) in [6.45, 7) is 2.22. The second kappa shape index (κ2) is 11.0. The highest BCUT2D eigenvalue weighted by atomic mass is 127. The lowest BCUT2D eigenvalue weighted by molar-refractivity contribution is -0.0494. The zero-order valence-electron chi connectivity index (χ0n) is 15.1. The molecular weight excluding hydrogens is 524 g/mol. The third-order valence-electron chi connectivity index (χ3n) is 3.71. The van der Waals surface area contributed by atoms with Gasteiger partial charge in [0.25, 0.3) is 0 Å². The molecule has 2 N–H and O–H groups in total.